The van der Waals surface area contributed by atoms with Crippen LogP contribution in [0, 0.1) is 0 Å². The van der Waals surface area contributed by atoms with E-state index in [0.29, 0.717) is 4.88 Å². The van der Waals surface area contributed by atoms with E-state index in [-0.39, 0.29) is 28.6 Å². The number of ether oxygens (including phenoxy) is 1. The van der Waals surface area contributed by atoms with Crippen molar-refractivity contribution in [3.05, 3.63) is 51.2 Å². The van der Waals surface area contributed by atoms with Gasteiger partial charge in [-0.15, -0.1) is 11.3 Å². The van der Waals surface area contributed by atoms with E-state index < -0.39 is 34.4 Å². The van der Waals surface area contributed by atoms with E-state index in [2.05, 4.69) is 5.32 Å². The van der Waals surface area contributed by atoms with Crippen molar-refractivity contribution in [3.63, 3.8) is 0 Å². The largest absolute Gasteiger partial charge is 0.452 e. The van der Waals surface area contributed by atoms with Crippen LogP contribution in [0.1, 0.15) is 33.9 Å². The summed E-state index contributed by atoms with van der Waals surface area (Å²) in [7, 11) is -3.89. The Hall–Kier alpha value is -2.27. The number of carbonyl (C=O) groups is 3. The second-order valence-corrected chi connectivity index (χ2v) is 8.93. The number of hydrogen-bond acceptors (Lipinski definition) is 7. The van der Waals surface area contributed by atoms with Gasteiger partial charge >= 0.3 is 5.97 Å². The Bertz CT molecular complexity index is 1000. The fourth-order valence-corrected chi connectivity index (χ4v) is 4.95. The second kappa shape index (κ2) is 9.97. The summed E-state index contributed by atoms with van der Waals surface area (Å²) >= 11 is 7.18. The molecule has 0 aliphatic carbocycles. The molecule has 1 aromatic carbocycles. The Labute approximate surface area is 177 Å². The number of hydrogen-bond donors (Lipinski definition) is 1. The lowest BCUT2D eigenvalue weighted by Crippen LogP contribution is -2.33. The van der Waals surface area contributed by atoms with Crippen LogP contribution in [0.25, 0.3) is 0 Å². The van der Waals surface area contributed by atoms with Gasteiger partial charge in [-0.1, -0.05) is 31.5 Å². The second-order valence-electron chi connectivity index (χ2n) is 5.67. The molecule has 1 heterocycles. The van der Waals surface area contributed by atoms with Crippen molar-refractivity contribution in [1.82, 2.24) is 9.62 Å². The highest BCUT2D eigenvalue weighted by molar-refractivity contribution is 7.89. The van der Waals surface area contributed by atoms with Crippen LogP contribution in [-0.2, 0) is 19.6 Å². The molecule has 0 bridgehead atoms. The van der Waals surface area contributed by atoms with Crippen LogP contribution in [-0.4, -0.2) is 50.2 Å². The van der Waals surface area contributed by atoms with Crippen molar-refractivity contribution in [2.45, 2.75) is 18.7 Å². The maximum absolute atomic E-state index is 12.7. The molecule has 29 heavy (non-hydrogen) atoms. The van der Waals surface area contributed by atoms with Crippen LogP contribution in [0.5, 0.6) is 0 Å². The number of halogens is 1. The minimum absolute atomic E-state index is 0.0345. The average molecular weight is 459 g/mol. The first-order valence-electron chi connectivity index (χ1n) is 8.55. The Balaban J connectivity index is 2.08. The third kappa shape index (κ3) is 5.63. The molecule has 8 nitrogen and oxygen atoms in total. The SMILES string of the molecule is CCN(CC)S(=O)(=O)c1cc(C(=O)OCC(=O)NC(=O)c2cccs2)ccc1Cl. The van der Waals surface area contributed by atoms with Gasteiger partial charge in [0.05, 0.1) is 15.5 Å². The van der Waals surface area contributed by atoms with Crippen LogP contribution in [0.15, 0.2) is 40.6 Å². The van der Waals surface area contributed by atoms with E-state index in [1.54, 1.807) is 31.4 Å². The predicted octanol–water partition coefficient (Wildman–Crippen LogP) is 2.55. The van der Waals surface area contributed by atoms with Crippen molar-refractivity contribution in [3.8, 4) is 0 Å². The lowest BCUT2D eigenvalue weighted by molar-refractivity contribution is -0.123. The standard InChI is InChI=1S/C18H19ClN2O6S2/c1-3-21(4-2)29(25,26)15-10-12(7-8-13(15)19)18(24)27-11-16(22)20-17(23)14-6-5-9-28-14/h5-10H,3-4,11H2,1-2H3,(H,20,22,23). The first kappa shape index (κ1) is 23.0. The molecule has 2 amide bonds. The monoisotopic (exact) mass is 458 g/mol. The van der Waals surface area contributed by atoms with Crippen molar-refractivity contribution in [1.29, 1.82) is 0 Å². The quantitative estimate of drug-likeness (QED) is 0.609. The van der Waals surface area contributed by atoms with E-state index >= 15 is 0 Å². The van der Waals surface area contributed by atoms with Crippen LogP contribution < -0.4 is 5.32 Å². The van der Waals surface area contributed by atoms with Crippen LogP contribution in [0.2, 0.25) is 5.02 Å². The third-order valence-corrected chi connectivity index (χ3v) is 7.22. The number of imide groups is 1. The molecule has 0 spiro atoms. The third-order valence-electron chi connectivity index (χ3n) is 3.82. The zero-order chi connectivity index (χ0) is 21.6. The molecule has 2 rings (SSSR count). The fourth-order valence-electron chi connectivity index (χ4n) is 2.38. The maximum Gasteiger partial charge on any atom is 0.338 e. The summed E-state index contributed by atoms with van der Waals surface area (Å²) in [5.41, 5.74) is -0.0856. The summed E-state index contributed by atoms with van der Waals surface area (Å²) in [6.07, 6.45) is 0. The lowest BCUT2D eigenvalue weighted by atomic mass is 10.2. The Morgan fingerprint density at radius 3 is 2.45 bits per heavy atom. The van der Waals surface area contributed by atoms with Crippen LogP contribution >= 0.6 is 22.9 Å². The van der Waals surface area contributed by atoms with Crippen molar-refractivity contribution < 1.29 is 27.5 Å². The molecule has 2 aromatic rings. The lowest BCUT2D eigenvalue weighted by Gasteiger charge is -2.19. The smallest absolute Gasteiger partial charge is 0.338 e. The highest BCUT2D eigenvalue weighted by atomic mass is 35.5. The summed E-state index contributed by atoms with van der Waals surface area (Å²) < 4.78 is 31.4. The molecular formula is C18H19ClN2O6S2. The van der Waals surface area contributed by atoms with Gasteiger partial charge < -0.3 is 4.74 Å². The van der Waals surface area contributed by atoms with E-state index in [9.17, 15) is 22.8 Å². The zero-order valence-corrected chi connectivity index (χ0v) is 18.1. The molecule has 0 fully saturated rings. The van der Waals surface area contributed by atoms with Gasteiger partial charge in [-0.3, -0.25) is 14.9 Å². The first-order chi connectivity index (χ1) is 13.7. The van der Waals surface area contributed by atoms with Gasteiger partial charge in [0.2, 0.25) is 10.0 Å². The summed E-state index contributed by atoms with van der Waals surface area (Å²) in [6.45, 7) is 3.15. The molecule has 0 aliphatic heterocycles. The average Bonchev–Trinajstić information content (AvgIpc) is 3.22. The molecule has 0 saturated heterocycles. The summed E-state index contributed by atoms with van der Waals surface area (Å²) in [4.78, 5) is 35.9. The maximum atomic E-state index is 12.7. The molecule has 11 heteroatoms. The number of benzene rings is 1. The highest BCUT2D eigenvalue weighted by Gasteiger charge is 2.26. The zero-order valence-electron chi connectivity index (χ0n) is 15.7. The summed E-state index contributed by atoms with van der Waals surface area (Å²) in [5, 5.41) is 3.75. The van der Waals surface area contributed by atoms with Gasteiger partial charge in [-0.2, -0.15) is 4.31 Å². The van der Waals surface area contributed by atoms with E-state index in [1.165, 1.54) is 16.4 Å². The minimum atomic E-state index is -3.89. The molecular weight excluding hydrogens is 440 g/mol. The van der Waals surface area contributed by atoms with Gasteiger partial charge in [0.25, 0.3) is 11.8 Å². The van der Waals surface area contributed by atoms with Gasteiger partial charge in [0, 0.05) is 13.1 Å². The number of thiophene rings is 1. The predicted molar refractivity (Wildman–Crippen MR) is 109 cm³/mol. The van der Waals surface area contributed by atoms with Gasteiger partial charge in [0.15, 0.2) is 6.61 Å². The Morgan fingerprint density at radius 2 is 1.86 bits per heavy atom. The van der Waals surface area contributed by atoms with Crippen LogP contribution in [0.4, 0.5) is 0 Å². The number of amides is 2. The van der Waals surface area contributed by atoms with Crippen molar-refractivity contribution in [2.75, 3.05) is 19.7 Å². The topological polar surface area (TPSA) is 110 Å². The van der Waals surface area contributed by atoms with Crippen LogP contribution in [0.3, 0.4) is 0 Å². The number of rotatable bonds is 8. The Morgan fingerprint density at radius 1 is 1.17 bits per heavy atom. The first-order valence-corrected chi connectivity index (χ1v) is 11.2. The van der Waals surface area contributed by atoms with Crippen molar-refractivity contribution >= 4 is 50.7 Å². The highest BCUT2D eigenvalue weighted by Crippen LogP contribution is 2.26. The van der Waals surface area contributed by atoms with Crippen molar-refractivity contribution in [2.24, 2.45) is 0 Å². The van der Waals surface area contributed by atoms with E-state index in [1.807, 2.05) is 0 Å². The number of nitrogens with one attached hydrogen (secondary N) is 1. The van der Waals surface area contributed by atoms with Gasteiger partial charge in [-0.05, 0) is 29.6 Å². The molecule has 1 N–H and O–H groups in total. The number of sulfonamides is 1. The number of nitrogens with zero attached hydrogens (tertiary/aromatic N) is 1. The normalized spacial score (nSPS) is 11.3. The minimum Gasteiger partial charge on any atom is -0.452 e. The van der Waals surface area contributed by atoms with Gasteiger partial charge in [0.1, 0.15) is 4.90 Å². The Kier molecular flexibility index (Phi) is 7.91. The molecule has 0 aliphatic rings. The fraction of sp³-hybridized carbons (Fsp3) is 0.278. The van der Waals surface area contributed by atoms with E-state index in [0.717, 1.165) is 17.4 Å². The molecule has 0 atom stereocenters. The molecule has 0 unspecified atom stereocenters. The van der Waals surface area contributed by atoms with E-state index in [4.69, 9.17) is 16.3 Å². The summed E-state index contributed by atoms with van der Waals surface area (Å²) in [5.74, 6) is -2.32. The summed E-state index contributed by atoms with van der Waals surface area (Å²) in [6, 6.07) is 6.88. The number of carbonyl (C=O) groups excluding carboxylic acids is 3. The molecule has 0 saturated carbocycles. The molecule has 156 valence electrons. The van der Waals surface area contributed by atoms with Gasteiger partial charge in [-0.25, -0.2) is 13.2 Å². The number of esters is 1. The molecule has 1 aromatic heterocycles. The molecule has 0 radical (unpaired) electrons.